The highest BCUT2D eigenvalue weighted by Gasteiger charge is 2.37. The molecule has 0 aromatic rings. The second kappa shape index (κ2) is 5.81. The van der Waals surface area contributed by atoms with Gasteiger partial charge in [0.15, 0.2) is 0 Å². The zero-order valence-electron chi connectivity index (χ0n) is 9.32. The van der Waals surface area contributed by atoms with Crippen LogP contribution in [0.3, 0.4) is 0 Å². The topological polar surface area (TPSA) is 84.9 Å². The third-order valence-electron chi connectivity index (χ3n) is 2.46. The molecule has 1 saturated heterocycles. The maximum absolute atomic E-state index is 11.7. The summed E-state index contributed by atoms with van der Waals surface area (Å²) in [5.74, 6) is -1.18. The highest BCUT2D eigenvalue weighted by molar-refractivity contribution is 5.84. The number of rotatable bonds is 6. The third kappa shape index (κ3) is 3.79. The van der Waals surface area contributed by atoms with Crippen LogP contribution in [-0.2, 0) is 19.1 Å². The van der Waals surface area contributed by atoms with Gasteiger partial charge in [-0.15, -0.1) is 0 Å². The fourth-order valence-electron chi connectivity index (χ4n) is 1.54. The number of carboxylic acids is 1. The molecule has 0 saturated carbocycles. The molecule has 1 unspecified atom stereocenters. The zero-order valence-corrected chi connectivity index (χ0v) is 9.32. The predicted molar refractivity (Wildman–Crippen MR) is 55.1 cm³/mol. The smallest absolute Gasteiger partial charge is 0.329 e. The van der Waals surface area contributed by atoms with Crippen LogP contribution < -0.4 is 5.32 Å². The Morgan fingerprint density at radius 3 is 2.88 bits per heavy atom. The number of nitrogens with one attached hydrogen (secondary N) is 1. The average Bonchev–Trinajstić information content (AvgIpc) is 2.65. The minimum Gasteiger partial charge on any atom is -0.480 e. The van der Waals surface area contributed by atoms with Crippen molar-refractivity contribution in [2.75, 3.05) is 26.4 Å². The Hall–Kier alpha value is -1.14. The number of carboxylic acid groups (broad SMARTS) is 1. The Balaban J connectivity index is 2.13. The first-order valence-electron chi connectivity index (χ1n) is 5.26. The lowest BCUT2D eigenvalue weighted by molar-refractivity contribution is -0.142. The van der Waals surface area contributed by atoms with E-state index < -0.39 is 11.6 Å². The zero-order chi connectivity index (χ0) is 12.0. The van der Waals surface area contributed by atoms with Crippen molar-refractivity contribution in [1.82, 2.24) is 5.32 Å². The van der Waals surface area contributed by atoms with E-state index >= 15 is 0 Å². The number of hydrogen-bond acceptors (Lipinski definition) is 4. The van der Waals surface area contributed by atoms with Gasteiger partial charge >= 0.3 is 5.97 Å². The van der Waals surface area contributed by atoms with Gasteiger partial charge in [0.25, 0.3) is 5.91 Å². The predicted octanol–water partition coefficient (Wildman–Crippen LogP) is -0.227. The van der Waals surface area contributed by atoms with Gasteiger partial charge in [0, 0.05) is 13.2 Å². The Kier molecular flexibility index (Phi) is 4.70. The summed E-state index contributed by atoms with van der Waals surface area (Å²) in [4.78, 5) is 21.8. The molecule has 1 aliphatic heterocycles. The lowest BCUT2D eigenvalue weighted by Crippen LogP contribution is -2.45. The highest BCUT2D eigenvalue weighted by Crippen LogP contribution is 2.24. The maximum atomic E-state index is 11.7. The van der Waals surface area contributed by atoms with Gasteiger partial charge in [-0.05, 0) is 19.8 Å². The Morgan fingerprint density at radius 2 is 2.31 bits per heavy atom. The van der Waals surface area contributed by atoms with E-state index in [0.29, 0.717) is 13.2 Å². The first kappa shape index (κ1) is 12.9. The summed E-state index contributed by atoms with van der Waals surface area (Å²) in [5.41, 5.74) is -0.729. The summed E-state index contributed by atoms with van der Waals surface area (Å²) >= 11 is 0. The van der Waals surface area contributed by atoms with Crippen molar-refractivity contribution >= 4 is 11.9 Å². The van der Waals surface area contributed by atoms with Crippen LogP contribution in [0.15, 0.2) is 0 Å². The van der Waals surface area contributed by atoms with E-state index in [0.717, 1.165) is 12.8 Å². The molecule has 1 fully saturated rings. The highest BCUT2D eigenvalue weighted by atomic mass is 16.5. The van der Waals surface area contributed by atoms with Crippen molar-refractivity contribution in [3.63, 3.8) is 0 Å². The van der Waals surface area contributed by atoms with Gasteiger partial charge in [-0.3, -0.25) is 4.79 Å². The molecule has 92 valence electrons. The van der Waals surface area contributed by atoms with E-state index in [2.05, 4.69) is 5.32 Å². The molecule has 0 aromatic carbocycles. The van der Waals surface area contributed by atoms with Crippen LogP contribution >= 0.6 is 0 Å². The molecule has 0 spiro atoms. The molecule has 1 aliphatic rings. The molecule has 1 heterocycles. The van der Waals surface area contributed by atoms with Crippen molar-refractivity contribution in [2.24, 2.45) is 0 Å². The molecule has 0 aliphatic carbocycles. The van der Waals surface area contributed by atoms with Gasteiger partial charge in [-0.2, -0.15) is 0 Å². The number of hydrogen-bond donors (Lipinski definition) is 2. The Morgan fingerprint density at radius 1 is 1.56 bits per heavy atom. The van der Waals surface area contributed by atoms with Crippen LogP contribution in [0.2, 0.25) is 0 Å². The summed E-state index contributed by atoms with van der Waals surface area (Å²) in [6, 6.07) is 0. The van der Waals surface area contributed by atoms with E-state index in [9.17, 15) is 9.59 Å². The van der Waals surface area contributed by atoms with E-state index in [1.54, 1.807) is 6.92 Å². The molecular weight excluding hydrogens is 214 g/mol. The minimum absolute atomic E-state index is 0.163. The van der Waals surface area contributed by atoms with Gasteiger partial charge in [0.2, 0.25) is 0 Å². The molecule has 0 aromatic heterocycles. The average molecular weight is 231 g/mol. The van der Waals surface area contributed by atoms with Gasteiger partial charge < -0.3 is 19.9 Å². The lowest BCUT2D eigenvalue weighted by Gasteiger charge is -2.21. The van der Waals surface area contributed by atoms with Crippen LogP contribution in [0, 0.1) is 0 Å². The minimum atomic E-state index is -1.02. The second-order valence-corrected chi connectivity index (χ2v) is 3.89. The standard InChI is InChI=1S/C10H17NO5/c1-10(3-2-5-16-10)9(14)11-4-6-15-7-8(12)13/h2-7H2,1H3,(H,11,14)(H,12,13). The largest absolute Gasteiger partial charge is 0.480 e. The molecule has 1 amide bonds. The Bertz CT molecular complexity index is 260. The summed E-state index contributed by atoms with van der Waals surface area (Å²) < 4.78 is 10.1. The normalized spacial score (nSPS) is 24.3. The van der Waals surface area contributed by atoms with Crippen LogP contribution in [0.25, 0.3) is 0 Å². The van der Waals surface area contributed by atoms with Crippen LogP contribution in [0.4, 0.5) is 0 Å². The van der Waals surface area contributed by atoms with Crippen LogP contribution in [0.5, 0.6) is 0 Å². The van der Waals surface area contributed by atoms with Gasteiger partial charge in [0.1, 0.15) is 12.2 Å². The number of ether oxygens (including phenoxy) is 2. The van der Waals surface area contributed by atoms with Crippen molar-refractivity contribution < 1.29 is 24.2 Å². The quantitative estimate of drug-likeness (QED) is 0.617. The van der Waals surface area contributed by atoms with Crippen molar-refractivity contribution in [3.05, 3.63) is 0 Å². The van der Waals surface area contributed by atoms with E-state index in [1.807, 2.05) is 0 Å². The fraction of sp³-hybridized carbons (Fsp3) is 0.800. The number of carbonyl (C=O) groups is 2. The first-order chi connectivity index (χ1) is 7.54. The van der Waals surface area contributed by atoms with Crippen LogP contribution in [0.1, 0.15) is 19.8 Å². The number of carbonyl (C=O) groups excluding carboxylic acids is 1. The molecular formula is C10H17NO5. The first-order valence-corrected chi connectivity index (χ1v) is 5.26. The monoisotopic (exact) mass is 231 g/mol. The second-order valence-electron chi connectivity index (χ2n) is 3.89. The SMILES string of the molecule is CC1(C(=O)NCCOCC(=O)O)CCCO1. The van der Waals surface area contributed by atoms with E-state index in [-0.39, 0.29) is 19.1 Å². The molecule has 16 heavy (non-hydrogen) atoms. The van der Waals surface area contributed by atoms with Crippen molar-refractivity contribution in [3.8, 4) is 0 Å². The molecule has 2 N–H and O–H groups in total. The molecule has 6 nitrogen and oxygen atoms in total. The van der Waals surface area contributed by atoms with Crippen LogP contribution in [-0.4, -0.2) is 48.9 Å². The lowest BCUT2D eigenvalue weighted by atomic mass is 10.0. The maximum Gasteiger partial charge on any atom is 0.329 e. The van der Waals surface area contributed by atoms with Gasteiger partial charge in [0.05, 0.1) is 6.61 Å². The molecule has 6 heteroatoms. The molecule has 0 bridgehead atoms. The summed E-state index contributed by atoms with van der Waals surface area (Å²) in [6.07, 6.45) is 1.61. The summed E-state index contributed by atoms with van der Waals surface area (Å²) in [6.45, 7) is 2.51. The summed E-state index contributed by atoms with van der Waals surface area (Å²) in [5, 5.41) is 11.0. The number of amides is 1. The van der Waals surface area contributed by atoms with E-state index in [1.165, 1.54) is 0 Å². The van der Waals surface area contributed by atoms with Crippen molar-refractivity contribution in [1.29, 1.82) is 0 Å². The number of aliphatic carboxylic acids is 1. The third-order valence-corrected chi connectivity index (χ3v) is 2.46. The summed E-state index contributed by atoms with van der Waals surface area (Å²) in [7, 11) is 0. The Labute approximate surface area is 93.9 Å². The molecule has 1 rings (SSSR count). The molecule has 1 atom stereocenters. The van der Waals surface area contributed by atoms with Crippen molar-refractivity contribution in [2.45, 2.75) is 25.4 Å². The fourth-order valence-corrected chi connectivity index (χ4v) is 1.54. The van der Waals surface area contributed by atoms with Gasteiger partial charge in [-0.1, -0.05) is 0 Å². The van der Waals surface area contributed by atoms with Gasteiger partial charge in [-0.25, -0.2) is 4.79 Å². The molecule has 0 radical (unpaired) electrons. The van der Waals surface area contributed by atoms with E-state index in [4.69, 9.17) is 14.6 Å².